The van der Waals surface area contributed by atoms with Crippen molar-refractivity contribution in [3.8, 4) is 5.75 Å². The second kappa shape index (κ2) is 8.50. The molecule has 0 spiro atoms. The fraction of sp³-hybridized carbons (Fsp3) is 0.222. The molecule has 7 nitrogen and oxygen atoms in total. The molecular weight excluding hydrogens is 384 g/mol. The Morgan fingerprint density at radius 1 is 1.38 bits per heavy atom. The summed E-state index contributed by atoms with van der Waals surface area (Å²) in [5, 5.41) is 10.7. The van der Waals surface area contributed by atoms with Crippen LogP contribution in [0.3, 0.4) is 0 Å². The fourth-order valence-electron chi connectivity index (χ4n) is 1.22. The highest BCUT2D eigenvalue weighted by atomic mass is 35.7. The number of rotatable bonds is 8. The van der Waals surface area contributed by atoms with Crippen molar-refractivity contribution in [2.45, 2.75) is 15.8 Å². The SMILES string of the molecule is O=C(O)CNC(Oc1cc(SCl)ccc1SCl)P(=O)(O)O. The van der Waals surface area contributed by atoms with E-state index >= 15 is 0 Å². The molecule has 12 heteroatoms. The highest BCUT2D eigenvalue weighted by molar-refractivity contribution is 8.21. The topological polar surface area (TPSA) is 116 Å². The number of nitrogens with one attached hydrogen (secondary N) is 1. The summed E-state index contributed by atoms with van der Waals surface area (Å²) in [6.45, 7) is -0.678. The van der Waals surface area contributed by atoms with Crippen molar-refractivity contribution in [2.24, 2.45) is 0 Å². The summed E-state index contributed by atoms with van der Waals surface area (Å²) in [5.74, 6) is -3.02. The molecule has 118 valence electrons. The van der Waals surface area contributed by atoms with E-state index in [1.165, 1.54) is 6.07 Å². The molecule has 0 aliphatic carbocycles. The van der Waals surface area contributed by atoms with Crippen molar-refractivity contribution in [1.82, 2.24) is 5.32 Å². The number of aliphatic carboxylic acids is 1. The van der Waals surface area contributed by atoms with Gasteiger partial charge in [0.1, 0.15) is 5.75 Å². The van der Waals surface area contributed by atoms with Crippen molar-refractivity contribution in [1.29, 1.82) is 0 Å². The molecule has 1 unspecified atom stereocenters. The molecule has 0 saturated heterocycles. The second-order valence-electron chi connectivity index (χ2n) is 3.60. The van der Waals surface area contributed by atoms with Crippen LogP contribution < -0.4 is 10.1 Å². The van der Waals surface area contributed by atoms with E-state index in [0.717, 1.165) is 22.0 Å². The molecule has 21 heavy (non-hydrogen) atoms. The maximum atomic E-state index is 11.3. The van der Waals surface area contributed by atoms with Crippen LogP contribution in [0, 0.1) is 0 Å². The summed E-state index contributed by atoms with van der Waals surface area (Å²) in [6.07, 6.45) is 0. The van der Waals surface area contributed by atoms with Crippen LogP contribution in [0.15, 0.2) is 28.0 Å². The third-order valence-electron chi connectivity index (χ3n) is 2.06. The van der Waals surface area contributed by atoms with Crippen molar-refractivity contribution in [3.63, 3.8) is 0 Å². The maximum Gasteiger partial charge on any atom is 0.380 e. The summed E-state index contributed by atoms with van der Waals surface area (Å²) in [4.78, 5) is 29.9. The summed E-state index contributed by atoms with van der Waals surface area (Å²) in [5.41, 5.74) is 0. The first-order chi connectivity index (χ1) is 9.77. The van der Waals surface area contributed by atoms with Gasteiger partial charge in [0, 0.05) is 4.90 Å². The minimum absolute atomic E-state index is 0.0758. The molecular formula is C9H10Cl2NO6PS2. The van der Waals surface area contributed by atoms with E-state index in [-0.39, 0.29) is 5.75 Å². The Bertz CT molecular complexity index is 557. The highest BCUT2D eigenvalue weighted by Gasteiger charge is 2.32. The highest BCUT2D eigenvalue weighted by Crippen LogP contribution is 2.43. The Labute approximate surface area is 137 Å². The van der Waals surface area contributed by atoms with E-state index in [2.05, 4.69) is 5.32 Å². The van der Waals surface area contributed by atoms with Crippen LogP contribution >= 0.6 is 50.9 Å². The molecule has 0 amide bonds. The Balaban J connectivity index is 3.01. The zero-order valence-electron chi connectivity index (χ0n) is 10.1. The quantitative estimate of drug-likeness (QED) is 0.390. The van der Waals surface area contributed by atoms with Gasteiger partial charge in [0.05, 0.1) is 11.4 Å². The smallest absolute Gasteiger partial charge is 0.380 e. The van der Waals surface area contributed by atoms with Crippen LogP contribution in [0.2, 0.25) is 0 Å². The first-order valence-electron chi connectivity index (χ1n) is 5.16. The first-order valence-corrected chi connectivity index (χ1v) is 10.1. The fourth-order valence-corrected chi connectivity index (χ4v) is 3.04. The van der Waals surface area contributed by atoms with Crippen molar-refractivity contribution in [3.05, 3.63) is 18.2 Å². The Kier molecular flexibility index (Phi) is 7.66. The van der Waals surface area contributed by atoms with E-state index in [4.69, 9.17) is 31.2 Å². The predicted octanol–water partition coefficient (Wildman–Crippen LogP) is 2.69. The van der Waals surface area contributed by atoms with Crippen LogP contribution in [-0.4, -0.2) is 33.4 Å². The molecule has 0 aliphatic heterocycles. The number of ether oxygens (including phenoxy) is 1. The molecule has 1 aromatic rings. The van der Waals surface area contributed by atoms with Crippen molar-refractivity contribution >= 4 is 56.9 Å². The molecule has 1 aromatic carbocycles. The van der Waals surface area contributed by atoms with Gasteiger partial charge in [-0.15, -0.1) is 0 Å². The zero-order chi connectivity index (χ0) is 16.0. The number of benzene rings is 1. The van der Waals surface area contributed by atoms with Gasteiger partial charge < -0.3 is 19.6 Å². The van der Waals surface area contributed by atoms with E-state index < -0.39 is 26.1 Å². The van der Waals surface area contributed by atoms with Gasteiger partial charge in [-0.05, 0) is 61.5 Å². The molecule has 0 bridgehead atoms. The second-order valence-corrected chi connectivity index (χ2v) is 7.39. The number of carbonyl (C=O) groups is 1. The minimum atomic E-state index is -4.74. The van der Waals surface area contributed by atoms with Crippen LogP contribution in [0.1, 0.15) is 0 Å². The van der Waals surface area contributed by atoms with Gasteiger partial charge in [0.25, 0.3) is 5.97 Å². The standard InChI is InChI=1S/C9H10Cl2NO6PS2/c10-20-5-1-2-7(21-11)6(3-5)18-9(19(15,16)17)12-4-8(13)14/h1-3,9,12H,4H2,(H,13,14)(H2,15,16,17). The summed E-state index contributed by atoms with van der Waals surface area (Å²) in [7, 11) is 8.17. The number of carboxylic acid groups (broad SMARTS) is 1. The minimum Gasteiger partial charge on any atom is -0.480 e. The average molecular weight is 394 g/mol. The summed E-state index contributed by atoms with van der Waals surface area (Å²) in [6, 6.07) is 4.64. The van der Waals surface area contributed by atoms with Gasteiger partial charge in [-0.3, -0.25) is 14.7 Å². The molecule has 1 rings (SSSR count). The zero-order valence-corrected chi connectivity index (χ0v) is 14.1. The molecule has 1 atom stereocenters. The molecule has 0 radical (unpaired) electrons. The van der Waals surface area contributed by atoms with E-state index in [1.54, 1.807) is 12.1 Å². The van der Waals surface area contributed by atoms with Gasteiger partial charge in [0.15, 0.2) is 0 Å². The summed E-state index contributed by atoms with van der Waals surface area (Å²) < 4.78 is 16.5. The van der Waals surface area contributed by atoms with Gasteiger partial charge in [0.2, 0.25) is 0 Å². The van der Waals surface area contributed by atoms with Crippen LogP contribution in [0.25, 0.3) is 0 Å². The van der Waals surface area contributed by atoms with Crippen LogP contribution in [-0.2, 0) is 9.36 Å². The predicted molar refractivity (Wildman–Crippen MR) is 82.0 cm³/mol. The van der Waals surface area contributed by atoms with E-state index in [1.807, 2.05) is 0 Å². The van der Waals surface area contributed by atoms with Gasteiger partial charge in [-0.25, -0.2) is 0 Å². The van der Waals surface area contributed by atoms with Gasteiger partial charge in [-0.2, -0.15) is 0 Å². The Hall–Kier alpha value is -0.120. The lowest BCUT2D eigenvalue weighted by Crippen LogP contribution is -2.37. The number of carboxylic acids is 1. The average Bonchev–Trinajstić information content (AvgIpc) is 2.41. The third kappa shape index (κ3) is 6.25. The van der Waals surface area contributed by atoms with Gasteiger partial charge in [-0.1, -0.05) is 0 Å². The Morgan fingerprint density at radius 3 is 2.52 bits per heavy atom. The molecule has 0 heterocycles. The van der Waals surface area contributed by atoms with E-state index in [0.29, 0.717) is 9.79 Å². The van der Waals surface area contributed by atoms with E-state index in [9.17, 15) is 19.1 Å². The van der Waals surface area contributed by atoms with Crippen LogP contribution in [0.4, 0.5) is 0 Å². The van der Waals surface area contributed by atoms with Crippen LogP contribution in [0.5, 0.6) is 5.75 Å². The number of hydrogen-bond acceptors (Lipinski definition) is 6. The lowest BCUT2D eigenvalue weighted by molar-refractivity contribution is -0.136. The normalized spacial score (nSPS) is 13.0. The molecule has 0 aromatic heterocycles. The third-order valence-corrected chi connectivity index (χ3v) is 4.93. The monoisotopic (exact) mass is 393 g/mol. The molecule has 0 aliphatic rings. The molecule has 0 saturated carbocycles. The lowest BCUT2D eigenvalue weighted by Gasteiger charge is -2.21. The largest absolute Gasteiger partial charge is 0.480 e. The molecule has 0 fully saturated rings. The number of halogens is 2. The maximum absolute atomic E-state index is 11.3. The van der Waals surface area contributed by atoms with Gasteiger partial charge >= 0.3 is 13.6 Å². The first kappa shape index (κ1) is 18.9. The molecule has 4 N–H and O–H groups in total. The van der Waals surface area contributed by atoms with Crippen molar-refractivity contribution in [2.75, 3.05) is 6.54 Å². The lowest BCUT2D eigenvalue weighted by atomic mass is 10.3. The Morgan fingerprint density at radius 2 is 2.05 bits per heavy atom. The summed E-state index contributed by atoms with van der Waals surface area (Å²) >= 11 is 0. The number of hydrogen-bond donors (Lipinski definition) is 4. The van der Waals surface area contributed by atoms with Crippen molar-refractivity contribution < 1.29 is 29.0 Å².